The van der Waals surface area contributed by atoms with Crippen LogP contribution in [0.1, 0.15) is 103 Å². The molecule has 2 heterocycles. The van der Waals surface area contributed by atoms with Crippen LogP contribution in [0.15, 0.2) is 58.2 Å². The number of carbonyl (C=O) groups excluding carboxylic acids is 2. The number of ether oxygens (including phenoxy) is 2. The van der Waals surface area contributed by atoms with Crippen LogP contribution < -0.4 is 4.74 Å². The van der Waals surface area contributed by atoms with Crippen molar-refractivity contribution in [3.63, 3.8) is 0 Å². The van der Waals surface area contributed by atoms with E-state index in [1.54, 1.807) is 6.08 Å². The summed E-state index contributed by atoms with van der Waals surface area (Å²) in [6.45, 7) is 15.2. The molecular weight excluding hydrogens is 584 g/mol. The van der Waals surface area contributed by atoms with Crippen LogP contribution >= 0.6 is 0 Å². The van der Waals surface area contributed by atoms with Gasteiger partial charge in [0.1, 0.15) is 22.8 Å². The molecule has 3 N–H and O–H groups in total. The number of phenolic OH excluding ortho intramolecular Hbond substituents is 2. The van der Waals surface area contributed by atoms with Crippen molar-refractivity contribution in [1.82, 2.24) is 0 Å². The van der Waals surface area contributed by atoms with Crippen LogP contribution in [0.2, 0.25) is 0 Å². The molecule has 1 aromatic rings. The molecule has 4 atom stereocenters. The minimum Gasteiger partial charge on any atom is -0.507 e. The fraction of sp³-hybridized carbons (Fsp3) is 0.500. The first-order valence-electron chi connectivity index (χ1n) is 16.1. The molecule has 1 saturated carbocycles. The second-order valence-electron chi connectivity index (χ2n) is 14.4. The van der Waals surface area contributed by atoms with Gasteiger partial charge in [0.2, 0.25) is 0 Å². The van der Waals surface area contributed by atoms with Gasteiger partial charge in [0.05, 0.1) is 5.60 Å². The van der Waals surface area contributed by atoms with E-state index in [1.807, 2.05) is 46.8 Å². The van der Waals surface area contributed by atoms with Gasteiger partial charge in [0.25, 0.3) is 0 Å². The van der Waals surface area contributed by atoms with Crippen molar-refractivity contribution in [1.29, 1.82) is 0 Å². The summed E-state index contributed by atoms with van der Waals surface area (Å²) in [6.07, 6.45) is 11.6. The van der Waals surface area contributed by atoms with Gasteiger partial charge in [-0.05, 0) is 87.5 Å². The van der Waals surface area contributed by atoms with Crippen molar-refractivity contribution in [2.75, 3.05) is 0 Å². The summed E-state index contributed by atoms with van der Waals surface area (Å²) >= 11 is 0. The molecule has 5 aliphatic rings. The highest BCUT2D eigenvalue weighted by Crippen LogP contribution is 2.68. The van der Waals surface area contributed by atoms with Gasteiger partial charge >= 0.3 is 5.97 Å². The zero-order valence-electron chi connectivity index (χ0n) is 28.2. The molecule has 2 aliphatic heterocycles. The van der Waals surface area contributed by atoms with Gasteiger partial charge in [-0.15, -0.1) is 0 Å². The fourth-order valence-electron chi connectivity index (χ4n) is 7.80. The summed E-state index contributed by atoms with van der Waals surface area (Å²) in [5.41, 5.74) is 0.0623. The van der Waals surface area contributed by atoms with Crippen LogP contribution in [0.4, 0.5) is 0 Å². The summed E-state index contributed by atoms with van der Waals surface area (Å²) in [5.74, 6) is -3.33. The normalized spacial score (nSPS) is 27.4. The van der Waals surface area contributed by atoms with Gasteiger partial charge < -0.3 is 24.8 Å². The van der Waals surface area contributed by atoms with Crippen molar-refractivity contribution in [2.24, 2.45) is 11.8 Å². The summed E-state index contributed by atoms with van der Waals surface area (Å²) in [4.78, 5) is 40.6. The maximum atomic E-state index is 14.7. The van der Waals surface area contributed by atoms with E-state index in [-0.39, 0.29) is 64.6 Å². The van der Waals surface area contributed by atoms with Crippen LogP contribution in [0, 0.1) is 11.8 Å². The van der Waals surface area contributed by atoms with E-state index < -0.39 is 40.4 Å². The van der Waals surface area contributed by atoms with Crippen LogP contribution in [-0.2, 0) is 27.2 Å². The smallest absolute Gasteiger partial charge is 0.330 e. The lowest BCUT2D eigenvalue weighted by molar-refractivity contribution is -0.171. The molecule has 1 saturated heterocycles. The number of carboxylic acids is 1. The quantitative estimate of drug-likeness (QED) is 0.182. The number of hydrogen-bond donors (Lipinski definition) is 3. The van der Waals surface area contributed by atoms with Gasteiger partial charge in [-0.1, -0.05) is 47.1 Å². The van der Waals surface area contributed by atoms with E-state index in [4.69, 9.17) is 9.47 Å². The molecule has 246 valence electrons. The summed E-state index contributed by atoms with van der Waals surface area (Å²) < 4.78 is 13.6. The minimum atomic E-state index is -1.67. The van der Waals surface area contributed by atoms with E-state index in [0.717, 1.165) is 24.0 Å². The van der Waals surface area contributed by atoms with Crippen LogP contribution in [0.5, 0.6) is 17.2 Å². The highest BCUT2D eigenvalue weighted by atomic mass is 16.6. The van der Waals surface area contributed by atoms with E-state index >= 15 is 0 Å². The Balaban J connectivity index is 1.71. The van der Waals surface area contributed by atoms with Gasteiger partial charge in [0.15, 0.2) is 22.8 Å². The molecule has 8 nitrogen and oxygen atoms in total. The van der Waals surface area contributed by atoms with Crippen molar-refractivity contribution >= 4 is 17.5 Å². The molecule has 46 heavy (non-hydrogen) atoms. The third kappa shape index (κ3) is 5.05. The average molecular weight is 631 g/mol. The predicted octanol–water partition coefficient (Wildman–Crippen LogP) is 7.27. The molecule has 0 amide bonds. The molecule has 3 aliphatic carbocycles. The molecule has 0 radical (unpaired) electrons. The number of allylic oxidation sites excluding steroid dienone is 7. The van der Waals surface area contributed by atoms with E-state index in [2.05, 4.69) is 19.9 Å². The first kappa shape index (κ1) is 33.5. The van der Waals surface area contributed by atoms with Gasteiger partial charge in [-0.2, -0.15) is 0 Å². The Morgan fingerprint density at radius 1 is 0.935 bits per heavy atom. The molecule has 2 fully saturated rings. The van der Waals surface area contributed by atoms with Crippen LogP contribution in [0.25, 0.3) is 0 Å². The van der Waals surface area contributed by atoms with E-state index in [1.165, 1.54) is 18.6 Å². The third-order valence-corrected chi connectivity index (χ3v) is 10.2. The number of ketones is 2. The molecule has 1 aromatic carbocycles. The number of Topliss-reactive ketones (excluding diaryl/α,β-unsaturated/α-hetero) is 2. The Bertz CT molecular complexity index is 1670. The lowest BCUT2D eigenvalue weighted by atomic mass is 9.51. The number of aliphatic carboxylic acids is 1. The first-order valence-corrected chi connectivity index (χ1v) is 16.1. The number of fused-ring (bicyclic) bond motifs is 1. The molecular formula is C38H46O8. The first-order chi connectivity index (χ1) is 21.5. The Hall–Kier alpha value is -3.91. The minimum absolute atomic E-state index is 0.0259. The second-order valence-corrected chi connectivity index (χ2v) is 14.4. The summed E-state index contributed by atoms with van der Waals surface area (Å²) in [5, 5.41) is 33.0. The maximum absolute atomic E-state index is 14.7. The average Bonchev–Trinajstić information content (AvgIpc) is 3.12. The van der Waals surface area contributed by atoms with Crippen molar-refractivity contribution < 1.29 is 39.2 Å². The van der Waals surface area contributed by atoms with E-state index in [9.17, 15) is 29.7 Å². The number of phenols is 2. The van der Waals surface area contributed by atoms with Crippen LogP contribution in [-0.4, -0.2) is 49.7 Å². The fourth-order valence-corrected chi connectivity index (χ4v) is 7.80. The largest absolute Gasteiger partial charge is 0.507 e. The monoisotopic (exact) mass is 630 g/mol. The highest BCUT2D eigenvalue weighted by molar-refractivity contribution is 6.18. The molecule has 0 unspecified atom stereocenters. The summed E-state index contributed by atoms with van der Waals surface area (Å²) in [7, 11) is 0. The number of carboxylic acid groups (broad SMARTS) is 1. The molecule has 1 spiro atoms. The van der Waals surface area contributed by atoms with E-state index in [0.29, 0.717) is 12.0 Å². The molecule has 6 rings (SSSR count). The lowest BCUT2D eigenvalue weighted by Gasteiger charge is -2.56. The Labute approximate surface area is 271 Å². The Morgan fingerprint density at radius 3 is 2.22 bits per heavy atom. The zero-order chi connectivity index (χ0) is 33.9. The van der Waals surface area contributed by atoms with Gasteiger partial charge in [-0.25, -0.2) is 4.79 Å². The Morgan fingerprint density at radius 2 is 1.59 bits per heavy atom. The van der Waals surface area contributed by atoms with Crippen molar-refractivity contribution in [2.45, 2.75) is 111 Å². The van der Waals surface area contributed by atoms with Crippen LogP contribution in [0.3, 0.4) is 0 Å². The number of benzene rings is 1. The predicted molar refractivity (Wildman–Crippen MR) is 175 cm³/mol. The summed E-state index contributed by atoms with van der Waals surface area (Å²) in [6, 6.07) is 0. The third-order valence-electron chi connectivity index (χ3n) is 10.2. The van der Waals surface area contributed by atoms with Crippen molar-refractivity contribution in [3.05, 3.63) is 74.9 Å². The number of hydrogen-bond acceptors (Lipinski definition) is 7. The lowest BCUT2D eigenvalue weighted by Crippen LogP contribution is -2.72. The maximum Gasteiger partial charge on any atom is 0.330 e. The van der Waals surface area contributed by atoms with Crippen molar-refractivity contribution in [3.8, 4) is 17.2 Å². The molecule has 4 bridgehead atoms. The Kier molecular flexibility index (Phi) is 8.52. The topological polar surface area (TPSA) is 130 Å². The second kappa shape index (κ2) is 11.7. The number of aromatic hydroxyl groups is 2. The van der Waals surface area contributed by atoms with Gasteiger partial charge in [-0.3, -0.25) is 9.59 Å². The highest BCUT2D eigenvalue weighted by Gasteiger charge is 2.81. The number of carbonyl (C=O) groups is 3. The molecule has 0 aromatic heterocycles. The standard InChI is InChI=1S/C38H46O8/c1-20(2)10-9-11-22(5)13-15-25-30(39)26(14-12-21(3)4)33-29(31(25)40)32(41)27-18-24-19-28-36(7,8)46-37(34(24)42,38(27,28)45-33)17-16-23(6)35(43)44/h10,12-13,16,18,24,28,39-40H,9,11,14-15,17,19H2,1-8H3,(H,43,44)/b22-13+,23-16-/t24-,28+,37-,38+/m0/s1. The van der Waals surface area contributed by atoms with Gasteiger partial charge in [0, 0.05) is 40.5 Å². The zero-order valence-corrected chi connectivity index (χ0v) is 28.2. The molecule has 8 heteroatoms. The SMILES string of the molecule is CC(C)=CCC/C(C)=C/Cc1c(O)c(CC=C(C)C)c2c(c1O)C(=O)C1=C[C@H]3C[C@@H]4C(C)(C)O[C@@](C/C=C(/C)C(=O)O)(C3=O)[C@@]14O2. The number of rotatable bonds is 10.